The van der Waals surface area contributed by atoms with Crippen LogP contribution in [0.25, 0.3) is 0 Å². The smallest absolute Gasteiger partial charge is 0.248 e. The number of benzene rings is 1. The van der Waals surface area contributed by atoms with E-state index in [0.29, 0.717) is 12.2 Å². The molecule has 0 unspecified atom stereocenters. The van der Waals surface area contributed by atoms with E-state index in [1.54, 1.807) is 12.1 Å². The number of carbonyl (C=O) groups excluding carboxylic acids is 1. The summed E-state index contributed by atoms with van der Waals surface area (Å²) in [5, 5.41) is 0. The maximum absolute atomic E-state index is 11.1. The number of ether oxygens (including phenoxy) is 1. The molecule has 0 saturated carbocycles. The van der Waals surface area contributed by atoms with Crippen molar-refractivity contribution in [2.75, 3.05) is 6.61 Å². The Hall–Kier alpha value is -1.51. The molecule has 0 heterocycles. The van der Waals surface area contributed by atoms with Crippen molar-refractivity contribution >= 4 is 5.91 Å². The van der Waals surface area contributed by atoms with Crippen LogP contribution in [-0.4, -0.2) is 12.5 Å². The lowest BCUT2D eigenvalue weighted by Gasteiger charge is -2.12. The van der Waals surface area contributed by atoms with E-state index >= 15 is 0 Å². The minimum atomic E-state index is -0.391. The first kappa shape index (κ1) is 11.6. The second-order valence-corrected chi connectivity index (χ2v) is 3.57. The molecule has 0 saturated heterocycles. The number of nitrogens with two attached hydrogens (primary N) is 1. The lowest BCUT2D eigenvalue weighted by atomic mass is 10.0. The Morgan fingerprint density at radius 3 is 2.53 bits per heavy atom. The average Bonchev–Trinajstić information content (AvgIpc) is 2.20. The van der Waals surface area contributed by atoms with Crippen molar-refractivity contribution in [1.82, 2.24) is 0 Å². The zero-order chi connectivity index (χ0) is 11.4. The standard InChI is InChI=1S/C12H17NO2/c1-4-7-15-11-6-5-10(12(13)14)8(2)9(11)3/h5-6H,4,7H2,1-3H3,(H2,13,14). The van der Waals surface area contributed by atoms with Gasteiger partial charge in [-0.15, -0.1) is 0 Å². The van der Waals surface area contributed by atoms with Crippen LogP contribution in [0, 0.1) is 13.8 Å². The Labute approximate surface area is 90.2 Å². The number of carbonyl (C=O) groups is 1. The third kappa shape index (κ3) is 2.49. The lowest BCUT2D eigenvalue weighted by molar-refractivity contribution is 0.0999. The topological polar surface area (TPSA) is 52.3 Å². The largest absolute Gasteiger partial charge is 0.493 e. The Bertz CT molecular complexity index is 372. The summed E-state index contributed by atoms with van der Waals surface area (Å²) in [6.07, 6.45) is 0.968. The highest BCUT2D eigenvalue weighted by atomic mass is 16.5. The molecule has 0 bridgehead atoms. The molecule has 1 rings (SSSR count). The van der Waals surface area contributed by atoms with Gasteiger partial charge in [0.15, 0.2) is 0 Å². The third-order valence-corrected chi connectivity index (χ3v) is 2.46. The van der Waals surface area contributed by atoms with Gasteiger partial charge in [0.25, 0.3) is 0 Å². The van der Waals surface area contributed by atoms with Crippen molar-refractivity contribution in [3.63, 3.8) is 0 Å². The second kappa shape index (κ2) is 4.82. The molecule has 0 radical (unpaired) electrons. The Balaban J connectivity index is 3.04. The molecule has 0 fully saturated rings. The van der Waals surface area contributed by atoms with Crippen molar-refractivity contribution in [1.29, 1.82) is 0 Å². The van der Waals surface area contributed by atoms with Crippen molar-refractivity contribution in [3.8, 4) is 5.75 Å². The summed E-state index contributed by atoms with van der Waals surface area (Å²) in [4.78, 5) is 11.1. The van der Waals surface area contributed by atoms with E-state index in [2.05, 4.69) is 6.92 Å². The summed E-state index contributed by atoms with van der Waals surface area (Å²) in [6, 6.07) is 3.52. The first-order valence-electron chi connectivity index (χ1n) is 5.10. The van der Waals surface area contributed by atoms with Gasteiger partial charge in [0, 0.05) is 5.56 Å². The van der Waals surface area contributed by atoms with Crippen LogP contribution in [0.15, 0.2) is 12.1 Å². The van der Waals surface area contributed by atoms with Gasteiger partial charge in [-0.1, -0.05) is 6.92 Å². The van der Waals surface area contributed by atoms with E-state index in [0.717, 1.165) is 23.3 Å². The molecule has 1 amide bonds. The quantitative estimate of drug-likeness (QED) is 0.822. The first-order valence-corrected chi connectivity index (χ1v) is 5.10. The predicted molar refractivity (Wildman–Crippen MR) is 60.2 cm³/mol. The van der Waals surface area contributed by atoms with Gasteiger partial charge < -0.3 is 10.5 Å². The zero-order valence-electron chi connectivity index (χ0n) is 9.46. The molecule has 1 aromatic rings. The van der Waals surface area contributed by atoms with Crippen molar-refractivity contribution < 1.29 is 9.53 Å². The molecule has 2 N–H and O–H groups in total. The van der Waals surface area contributed by atoms with Crippen molar-refractivity contribution in [3.05, 3.63) is 28.8 Å². The molecule has 82 valence electrons. The number of amides is 1. The molecular formula is C12H17NO2. The third-order valence-electron chi connectivity index (χ3n) is 2.46. The van der Waals surface area contributed by atoms with Gasteiger partial charge in [-0.2, -0.15) is 0 Å². The molecule has 0 aromatic heterocycles. The normalized spacial score (nSPS) is 10.1. The fourth-order valence-electron chi connectivity index (χ4n) is 1.43. The molecule has 3 nitrogen and oxygen atoms in total. The molecule has 0 aliphatic heterocycles. The lowest BCUT2D eigenvalue weighted by Crippen LogP contribution is -2.13. The monoisotopic (exact) mass is 207 g/mol. The van der Waals surface area contributed by atoms with Crippen LogP contribution >= 0.6 is 0 Å². The average molecular weight is 207 g/mol. The number of primary amides is 1. The van der Waals surface area contributed by atoms with Gasteiger partial charge in [0.1, 0.15) is 5.75 Å². The van der Waals surface area contributed by atoms with Gasteiger partial charge in [0.2, 0.25) is 5.91 Å². The highest BCUT2D eigenvalue weighted by molar-refractivity contribution is 5.94. The Morgan fingerprint density at radius 1 is 1.33 bits per heavy atom. The van der Waals surface area contributed by atoms with Gasteiger partial charge in [0.05, 0.1) is 6.61 Å². The van der Waals surface area contributed by atoms with Crippen LogP contribution in [0.5, 0.6) is 5.75 Å². The molecule has 1 aromatic carbocycles. The molecule has 0 aliphatic rings. The molecule has 0 atom stereocenters. The van der Waals surface area contributed by atoms with E-state index in [-0.39, 0.29) is 0 Å². The molecule has 15 heavy (non-hydrogen) atoms. The van der Waals surface area contributed by atoms with Gasteiger partial charge in [-0.3, -0.25) is 4.79 Å². The maximum Gasteiger partial charge on any atom is 0.248 e. The molecule has 3 heteroatoms. The van der Waals surface area contributed by atoms with E-state index in [4.69, 9.17) is 10.5 Å². The summed E-state index contributed by atoms with van der Waals surface area (Å²) >= 11 is 0. The van der Waals surface area contributed by atoms with Crippen LogP contribution in [0.3, 0.4) is 0 Å². The van der Waals surface area contributed by atoms with E-state index in [9.17, 15) is 4.79 Å². The van der Waals surface area contributed by atoms with Crippen LogP contribution in [-0.2, 0) is 0 Å². The van der Waals surface area contributed by atoms with Gasteiger partial charge in [-0.05, 0) is 43.5 Å². The van der Waals surface area contributed by atoms with E-state index in [1.165, 1.54) is 0 Å². The zero-order valence-corrected chi connectivity index (χ0v) is 9.46. The number of rotatable bonds is 4. The number of hydrogen-bond donors (Lipinski definition) is 1. The van der Waals surface area contributed by atoms with Crippen LogP contribution in [0.4, 0.5) is 0 Å². The van der Waals surface area contributed by atoms with Crippen molar-refractivity contribution in [2.24, 2.45) is 5.73 Å². The molecule has 0 aliphatic carbocycles. The van der Waals surface area contributed by atoms with Crippen LogP contribution in [0.2, 0.25) is 0 Å². The molecule has 0 spiro atoms. The minimum Gasteiger partial charge on any atom is -0.493 e. The van der Waals surface area contributed by atoms with E-state index in [1.807, 2.05) is 13.8 Å². The van der Waals surface area contributed by atoms with Crippen LogP contribution < -0.4 is 10.5 Å². The summed E-state index contributed by atoms with van der Waals surface area (Å²) < 4.78 is 5.55. The predicted octanol–water partition coefficient (Wildman–Crippen LogP) is 2.19. The molecular weight excluding hydrogens is 190 g/mol. The van der Waals surface area contributed by atoms with Gasteiger partial charge >= 0.3 is 0 Å². The Morgan fingerprint density at radius 2 is 2.00 bits per heavy atom. The fourth-order valence-corrected chi connectivity index (χ4v) is 1.43. The summed E-state index contributed by atoms with van der Waals surface area (Å²) in [7, 11) is 0. The SMILES string of the molecule is CCCOc1ccc(C(N)=O)c(C)c1C. The highest BCUT2D eigenvalue weighted by Gasteiger charge is 2.10. The van der Waals surface area contributed by atoms with E-state index < -0.39 is 5.91 Å². The Kier molecular flexibility index (Phi) is 3.72. The van der Waals surface area contributed by atoms with Crippen molar-refractivity contribution in [2.45, 2.75) is 27.2 Å². The summed E-state index contributed by atoms with van der Waals surface area (Å²) in [5.41, 5.74) is 7.71. The van der Waals surface area contributed by atoms with Crippen LogP contribution in [0.1, 0.15) is 34.8 Å². The van der Waals surface area contributed by atoms with Gasteiger partial charge in [-0.25, -0.2) is 0 Å². The summed E-state index contributed by atoms with van der Waals surface area (Å²) in [5.74, 6) is 0.442. The minimum absolute atomic E-state index is 0.391. The maximum atomic E-state index is 11.1. The summed E-state index contributed by atoms with van der Waals surface area (Å²) in [6.45, 7) is 6.57. The fraction of sp³-hybridized carbons (Fsp3) is 0.417. The second-order valence-electron chi connectivity index (χ2n) is 3.57. The first-order chi connectivity index (χ1) is 7.07. The number of hydrogen-bond acceptors (Lipinski definition) is 2. The highest BCUT2D eigenvalue weighted by Crippen LogP contribution is 2.24.